The number of alkyl halides is 10. The van der Waals surface area contributed by atoms with Crippen LogP contribution in [0, 0.1) is 0 Å². The van der Waals surface area contributed by atoms with Gasteiger partial charge in [-0.25, -0.2) is 8.42 Å². The van der Waals surface area contributed by atoms with E-state index >= 15 is 0 Å². The van der Waals surface area contributed by atoms with Gasteiger partial charge in [-0.05, 0) is 134 Å². The first-order chi connectivity index (χ1) is 44.4. The predicted molar refractivity (Wildman–Crippen MR) is 369 cm³/mol. The Morgan fingerprint density at radius 3 is 1.23 bits per heavy atom. The molecule has 22 nitrogen and oxygen atoms in total. The molecule has 0 atom stereocenters. The molecule has 3 aromatic heterocycles. The highest BCUT2D eigenvalue weighted by molar-refractivity contribution is 8.13. The summed E-state index contributed by atoms with van der Waals surface area (Å²) in [5, 5.41) is 9.43. The lowest BCUT2D eigenvalue weighted by atomic mass is 10.1. The monoisotopic (exact) mass is 1480 g/mol. The van der Waals surface area contributed by atoms with Gasteiger partial charge in [0.2, 0.25) is 25.3 Å². The quantitative estimate of drug-likeness (QED) is 0.0108. The number of halogens is 11. The first-order valence-electron chi connectivity index (χ1n) is 27.7. The summed E-state index contributed by atoms with van der Waals surface area (Å²) < 4.78 is 144. The molecular weight excluding hydrogens is 1410 g/mol. The molecule has 0 saturated carbocycles. The van der Waals surface area contributed by atoms with Crippen molar-refractivity contribution in [2.24, 2.45) is 0 Å². The van der Waals surface area contributed by atoms with Gasteiger partial charge in [0.05, 0.1) is 22.4 Å². The van der Waals surface area contributed by atoms with Crippen molar-refractivity contribution >= 4 is 140 Å². The Bertz CT molecular complexity index is 4540. The maximum atomic E-state index is 13.5. The van der Waals surface area contributed by atoms with Crippen LogP contribution < -0.4 is 47.4 Å². The molecule has 1 fully saturated rings. The highest BCUT2D eigenvalue weighted by Crippen LogP contribution is 2.37. The van der Waals surface area contributed by atoms with Crippen molar-refractivity contribution in [3.8, 4) is 0 Å². The number of amides is 3. The van der Waals surface area contributed by atoms with Crippen LogP contribution in [0.2, 0.25) is 0 Å². The van der Waals surface area contributed by atoms with Gasteiger partial charge in [0.15, 0.2) is 0 Å². The molecule has 1 aliphatic rings. The van der Waals surface area contributed by atoms with Crippen LogP contribution in [0.25, 0.3) is 32.7 Å². The fourth-order valence-electron chi connectivity index (χ4n) is 9.03. The second-order valence-corrected chi connectivity index (χ2v) is 25.1. The lowest BCUT2D eigenvalue weighted by Crippen LogP contribution is -2.31. The molecule has 4 heterocycles. The van der Waals surface area contributed by atoms with Gasteiger partial charge in [-0.2, -0.15) is 39.5 Å². The average Bonchev–Trinajstić information content (AvgIpc) is 0.801. The van der Waals surface area contributed by atoms with Crippen LogP contribution in [0.3, 0.4) is 0 Å². The molecule has 3 amide bonds. The van der Waals surface area contributed by atoms with Crippen molar-refractivity contribution in [3.05, 3.63) is 222 Å². The highest BCUT2D eigenvalue weighted by atomic mass is 35.7. The SMILES string of the molecule is C=CSNc1cc(NC(=O)c2c[nH]c3ccccc3c2=O)cc(C(F)(F)F)c1.Nc1cc(NC(=O)c2c[nH]c3ccccc3c2=O)cc(C(F)(F)F)c1.O.O.O.O.O=C(Nc1cc(NSCCN2CCCCC2)cc(C(F)(F)F)c1)c1c[nH]c2ccccc2c1=O.O=S(=O)(Cl)CCCl. The number of piperidine rings is 1. The van der Waals surface area contributed by atoms with Crippen molar-refractivity contribution in [1.82, 2.24) is 19.9 Å². The van der Waals surface area contributed by atoms with E-state index in [9.17, 15) is 76.7 Å². The van der Waals surface area contributed by atoms with Gasteiger partial charge in [-0.1, -0.05) is 61.3 Å². The number of hydrogen-bond donors (Lipinski definition) is 9. The maximum Gasteiger partial charge on any atom is 0.416 e. The Hall–Kier alpha value is -9.10. The van der Waals surface area contributed by atoms with E-state index in [2.05, 4.69) is 51.8 Å². The van der Waals surface area contributed by atoms with Crippen LogP contribution in [0.15, 0.2) is 172 Å². The summed E-state index contributed by atoms with van der Waals surface area (Å²) in [5.74, 6) is -1.80. The van der Waals surface area contributed by atoms with Gasteiger partial charge in [0.1, 0.15) is 16.7 Å². The number of nitrogens with two attached hydrogens (primary N) is 1. The number of carbonyl (C=O) groups is 3. The number of nitrogens with zero attached hydrogens (tertiary/aromatic N) is 1. The Balaban J connectivity index is 0.000000361. The zero-order valence-electron chi connectivity index (χ0n) is 50.7. The Kier molecular flexibility index (Phi) is 31.4. The molecule has 1 saturated heterocycles. The normalized spacial score (nSPS) is 12.1. The number of rotatable bonds is 16. The second-order valence-electron chi connectivity index (χ2n) is 20.2. The van der Waals surface area contributed by atoms with Gasteiger partial charge in [-0.3, -0.25) is 28.8 Å². The molecule has 9 aromatic rings. The minimum Gasteiger partial charge on any atom is -0.412 e. The minimum atomic E-state index is -4.60. The number of likely N-dealkylation sites (tertiary alicyclic amines) is 1. The topological polar surface area (TPSA) is 399 Å². The number of nitrogen functional groups attached to an aromatic ring is 1. The molecule has 0 unspecified atom stereocenters. The number of aromatic nitrogens is 3. The lowest BCUT2D eigenvalue weighted by Gasteiger charge is -2.26. The van der Waals surface area contributed by atoms with E-state index < -0.39 is 78.3 Å². The molecule has 0 radical (unpaired) electrons. The van der Waals surface area contributed by atoms with E-state index in [-0.39, 0.29) is 84.4 Å². The van der Waals surface area contributed by atoms with Crippen LogP contribution in [-0.4, -0.2) is 105 Å². The standard InChI is InChI=1S/C24H25F3N4O2S.C19H14F3N3O2S.C17H12F3N3O2.C2H4Cl2O2S.4H2O/c25-24(26,27)16-12-17(14-18(13-16)30-34-11-10-31-8-4-1-5-9-31)29-23(33)20-15-28-21-7-3-2-6-19(21)22(20)32;1-2-28-25-13-8-11(19(20,21)22)7-12(9-13)24-18(27)15-10-23-16-6-4-3-5-14(16)17(15)26;18-17(19,20)9-5-10(21)7-11(6-9)23-16(25)13-8-22-14-4-2-1-3-12(14)15(13)24;3-1-2-7(4,5)6;;;;/h2-3,6-7,12-15,30H,1,4-5,8-11H2,(H,28,32)(H,29,33);2-10,25H,1H2,(H,23,26)(H,24,27);1-8H,21H2,(H,22,24)(H,23,25);1-2H2;4*1H2. The van der Waals surface area contributed by atoms with Gasteiger partial charge in [-0.15, -0.1) is 11.6 Å². The summed E-state index contributed by atoms with van der Waals surface area (Å²) in [4.78, 5) is 86.0. The number of H-pyrrole nitrogens is 3. The van der Waals surface area contributed by atoms with Crippen LogP contribution in [-0.2, 0) is 27.6 Å². The lowest BCUT2D eigenvalue weighted by molar-refractivity contribution is -0.138. The maximum absolute atomic E-state index is 13.5. The van der Waals surface area contributed by atoms with Gasteiger partial charge >= 0.3 is 18.5 Å². The third kappa shape index (κ3) is 23.9. The molecule has 98 heavy (non-hydrogen) atoms. The van der Waals surface area contributed by atoms with Crippen molar-refractivity contribution < 1.29 is 84.2 Å². The van der Waals surface area contributed by atoms with Crippen LogP contribution in [0.5, 0.6) is 0 Å². The van der Waals surface area contributed by atoms with E-state index in [1.807, 2.05) is 0 Å². The molecular formula is C62H63Cl2F9N10O12S3. The minimum absolute atomic E-state index is 0. The number of aromatic amines is 3. The summed E-state index contributed by atoms with van der Waals surface area (Å²) in [6.07, 6.45) is -6.47. The van der Waals surface area contributed by atoms with Gasteiger partial charge < -0.3 is 72.9 Å². The Labute approximate surface area is 568 Å². The van der Waals surface area contributed by atoms with Crippen LogP contribution in [0.1, 0.15) is 67.0 Å². The third-order valence-corrected chi connectivity index (χ3v) is 16.3. The predicted octanol–water partition coefficient (Wildman–Crippen LogP) is 11.2. The van der Waals surface area contributed by atoms with Crippen LogP contribution >= 0.6 is 46.2 Å². The molecule has 6 aromatic carbocycles. The number of anilines is 6. The Morgan fingerprint density at radius 1 is 0.541 bits per heavy atom. The molecule has 0 bridgehead atoms. The number of para-hydroxylation sites is 3. The molecule has 528 valence electrons. The van der Waals surface area contributed by atoms with Crippen molar-refractivity contribution in [1.29, 1.82) is 0 Å². The van der Waals surface area contributed by atoms with Gasteiger partial charge in [0, 0.05) is 114 Å². The zero-order valence-corrected chi connectivity index (χ0v) is 54.6. The van der Waals surface area contributed by atoms with Crippen LogP contribution in [0.4, 0.5) is 73.6 Å². The molecule has 1 aliphatic heterocycles. The number of pyridine rings is 3. The van der Waals surface area contributed by atoms with Crippen molar-refractivity contribution in [2.45, 2.75) is 37.8 Å². The largest absolute Gasteiger partial charge is 0.416 e. The second kappa shape index (κ2) is 37.0. The Morgan fingerprint density at radius 2 is 0.888 bits per heavy atom. The number of hydrogen-bond acceptors (Lipinski definition) is 14. The first-order valence-corrected chi connectivity index (χ1v) is 32.6. The summed E-state index contributed by atoms with van der Waals surface area (Å²) in [7, 11) is 1.39. The fraction of sp³-hybridized carbons (Fsp3) is 0.194. The molecule has 36 heteroatoms. The molecule has 18 N–H and O–H groups in total. The van der Waals surface area contributed by atoms with Crippen molar-refractivity contribution in [3.63, 3.8) is 0 Å². The summed E-state index contributed by atoms with van der Waals surface area (Å²) in [5.41, 5.74) is 2.07. The van der Waals surface area contributed by atoms with Crippen molar-refractivity contribution in [2.75, 3.05) is 68.1 Å². The number of benzene rings is 6. The van der Waals surface area contributed by atoms with Gasteiger partial charge in [0.25, 0.3) is 17.7 Å². The number of fused-ring (bicyclic) bond motifs is 3. The smallest absolute Gasteiger partial charge is 0.412 e. The third-order valence-electron chi connectivity index (χ3n) is 13.4. The molecule has 10 rings (SSSR count). The number of nitrogens with one attached hydrogen (secondary N) is 8. The highest BCUT2D eigenvalue weighted by Gasteiger charge is 2.34. The summed E-state index contributed by atoms with van der Waals surface area (Å²) >= 11 is 7.33. The van der Waals surface area contributed by atoms with E-state index in [0.29, 0.717) is 38.5 Å². The zero-order chi connectivity index (χ0) is 68.5. The molecule has 0 aliphatic carbocycles. The van der Waals surface area contributed by atoms with E-state index in [1.165, 1.54) is 73.4 Å². The summed E-state index contributed by atoms with van der Waals surface area (Å²) in [6, 6.07) is 29.0. The van der Waals surface area contributed by atoms with E-state index in [1.54, 1.807) is 72.8 Å². The van der Waals surface area contributed by atoms with E-state index in [4.69, 9.17) is 28.0 Å². The first kappa shape index (κ1) is 83.1. The van der Waals surface area contributed by atoms with E-state index in [0.717, 1.165) is 68.0 Å². The number of carbonyl (C=O) groups excluding carboxylic acids is 3. The molecule has 0 spiro atoms. The average molecular weight is 1480 g/mol. The fourth-order valence-corrected chi connectivity index (χ4v) is 11.4. The summed E-state index contributed by atoms with van der Waals surface area (Å²) in [6.45, 7) is 6.41.